The van der Waals surface area contributed by atoms with Gasteiger partial charge in [-0.3, -0.25) is 4.79 Å². The number of nitrogen functional groups attached to an aromatic ring is 1. The number of carbonyl (C=O) groups is 1. The zero-order valence-electron chi connectivity index (χ0n) is 11.5. The Morgan fingerprint density at radius 3 is 2.80 bits per heavy atom. The Morgan fingerprint density at radius 1 is 1.40 bits per heavy atom. The van der Waals surface area contributed by atoms with Crippen LogP contribution in [0.4, 0.5) is 14.5 Å². The highest BCUT2D eigenvalue weighted by Crippen LogP contribution is 2.18. The number of halogens is 2. The van der Waals surface area contributed by atoms with Crippen molar-refractivity contribution in [3.8, 4) is 0 Å². The van der Waals surface area contributed by atoms with Gasteiger partial charge in [0.2, 0.25) is 0 Å². The van der Waals surface area contributed by atoms with E-state index in [0.717, 1.165) is 37.9 Å². The van der Waals surface area contributed by atoms with Crippen LogP contribution in [0.15, 0.2) is 12.1 Å². The van der Waals surface area contributed by atoms with Crippen LogP contribution < -0.4 is 11.1 Å². The molecule has 0 aliphatic carbocycles. The van der Waals surface area contributed by atoms with E-state index in [0.29, 0.717) is 6.54 Å². The number of likely N-dealkylation sites (tertiary alicyclic amines) is 1. The quantitative estimate of drug-likeness (QED) is 0.831. The number of hydrogen-bond acceptors (Lipinski definition) is 3. The highest BCUT2D eigenvalue weighted by Gasteiger charge is 2.20. The smallest absolute Gasteiger partial charge is 0.253 e. The molecule has 1 atom stereocenters. The molecule has 1 aliphatic rings. The normalized spacial score (nSPS) is 19.9. The van der Waals surface area contributed by atoms with Gasteiger partial charge < -0.3 is 16.0 Å². The zero-order valence-corrected chi connectivity index (χ0v) is 11.5. The second kappa shape index (κ2) is 6.17. The molecule has 1 unspecified atom stereocenters. The van der Waals surface area contributed by atoms with E-state index in [9.17, 15) is 13.6 Å². The predicted octanol–water partition coefficient (Wildman–Crippen LogP) is 1.76. The zero-order chi connectivity index (χ0) is 14.7. The van der Waals surface area contributed by atoms with Crippen LogP contribution in [0, 0.1) is 11.6 Å². The van der Waals surface area contributed by atoms with Crippen molar-refractivity contribution < 1.29 is 13.6 Å². The molecule has 3 N–H and O–H groups in total. The van der Waals surface area contributed by atoms with Crippen LogP contribution in [-0.2, 0) is 0 Å². The van der Waals surface area contributed by atoms with Gasteiger partial charge in [0.05, 0.1) is 5.56 Å². The molecule has 20 heavy (non-hydrogen) atoms. The molecule has 1 aliphatic heterocycles. The summed E-state index contributed by atoms with van der Waals surface area (Å²) in [6, 6.07) is 1.95. The van der Waals surface area contributed by atoms with Crippen LogP contribution in [0.1, 0.15) is 29.6 Å². The predicted molar refractivity (Wildman–Crippen MR) is 73.4 cm³/mol. The van der Waals surface area contributed by atoms with Crippen molar-refractivity contribution in [3.05, 3.63) is 29.3 Å². The van der Waals surface area contributed by atoms with E-state index in [1.54, 1.807) is 0 Å². The molecule has 1 fully saturated rings. The Kier molecular flexibility index (Phi) is 4.54. The number of nitrogens with one attached hydrogen (secondary N) is 1. The first-order chi connectivity index (χ1) is 9.49. The molecule has 0 radical (unpaired) electrons. The van der Waals surface area contributed by atoms with Crippen LogP contribution >= 0.6 is 0 Å². The minimum Gasteiger partial charge on any atom is -0.398 e. The highest BCUT2D eigenvalue weighted by molar-refractivity contribution is 5.99. The van der Waals surface area contributed by atoms with Gasteiger partial charge in [-0.25, -0.2) is 8.78 Å². The molecule has 1 amide bonds. The van der Waals surface area contributed by atoms with Gasteiger partial charge in [0.1, 0.15) is 0 Å². The number of hydrogen-bond donors (Lipinski definition) is 2. The van der Waals surface area contributed by atoms with Gasteiger partial charge in [0.25, 0.3) is 5.91 Å². The van der Waals surface area contributed by atoms with E-state index in [2.05, 4.69) is 10.2 Å². The fourth-order valence-corrected chi connectivity index (χ4v) is 2.47. The lowest BCUT2D eigenvalue weighted by Gasteiger charge is -2.32. The Morgan fingerprint density at radius 2 is 2.10 bits per heavy atom. The number of likely N-dealkylation sites (N-methyl/N-ethyl adjacent to an activating group) is 1. The molecule has 1 aromatic rings. The van der Waals surface area contributed by atoms with Crippen molar-refractivity contribution in [2.75, 3.05) is 25.9 Å². The number of carbonyl (C=O) groups excluding carboxylic acids is 1. The van der Waals surface area contributed by atoms with Crippen molar-refractivity contribution in [2.24, 2.45) is 0 Å². The third kappa shape index (κ3) is 3.25. The summed E-state index contributed by atoms with van der Waals surface area (Å²) in [5.74, 6) is -2.59. The molecule has 0 spiro atoms. The van der Waals surface area contributed by atoms with Gasteiger partial charge in [-0.1, -0.05) is 6.42 Å². The number of piperidine rings is 1. The number of benzene rings is 1. The molecule has 0 bridgehead atoms. The Bertz CT molecular complexity index is 507. The topological polar surface area (TPSA) is 58.4 Å². The third-order valence-corrected chi connectivity index (χ3v) is 3.76. The summed E-state index contributed by atoms with van der Waals surface area (Å²) in [4.78, 5) is 14.2. The minimum absolute atomic E-state index is 0.0256. The molecule has 1 heterocycles. The van der Waals surface area contributed by atoms with E-state index in [4.69, 9.17) is 5.73 Å². The van der Waals surface area contributed by atoms with Crippen molar-refractivity contribution >= 4 is 11.6 Å². The Balaban J connectivity index is 2.00. The number of anilines is 1. The SMILES string of the molecule is CN1CCCCC1CNC(=O)c1cc(F)c(F)cc1N. The fraction of sp³-hybridized carbons (Fsp3) is 0.500. The molecule has 110 valence electrons. The summed E-state index contributed by atoms with van der Waals surface area (Å²) < 4.78 is 26.1. The Labute approximate surface area is 116 Å². The summed E-state index contributed by atoms with van der Waals surface area (Å²) in [5, 5.41) is 2.74. The summed E-state index contributed by atoms with van der Waals surface area (Å²) in [6.07, 6.45) is 3.32. The van der Waals surface area contributed by atoms with Crippen molar-refractivity contribution in [1.29, 1.82) is 0 Å². The van der Waals surface area contributed by atoms with E-state index < -0.39 is 17.5 Å². The highest BCUT2D eigenvalue weighted by atomic mass is 19.2. The molecule has 0 saturated carbocycles. The molecule has 4 nitrogen and oxygen atoms in total. The summed E-state index contributed by atoms with van der Waals surface area (Å²) >= 11 is 0. The molecular formula is C14H19F2N3O. The molecule has 1 aromatic carbocycles. The maximum Gasteiger partial charge on any atom is 0.253 e. The Hall–Kier alpha value is -1.69. The van der Waals surface area contributed by atoms with E-state index in [1.807, 2.05) is 7.05 Å². The van der Waals surface area contributed by atoms with Crippen LogP contribution in [-0.4, -0.2) is 37.0 Å². The van der Waals surface area contributed by atoms with Gasteiger partial charge in [0, 0.05) is 24.3 Å². The first-order valence-corrected chi connectivity index (χ1v) is 6.72. The number of amides is 1. The molecule has 2 rings (SSSR count). The molecule has 0 aromatic heterocycles. The standard InChI is InChI=1S/C14H19F2N3O/c1-19-5-3-2-4-9(19)8-18-14(20)10-6-11(15)12(16)7-13(10)17/h6-7,9H,2-5,8,17H2,1H3,(H,18,20). The van der Waals surface area contributed by atoms with Gasteiger partial charge >= 0.3 is 0 Å². The summed E-state index contributed by atoms with van der Waals surface area (Å²) in [5.41, 5.74) is 5.47. The van der Waals surface area contributed by atoms with E-state index in [-0.39, 0.29) is 17.3 Å². The average Bonchev–Trinajstić information content (AvgIpc) is 2.41. The first kappa shape index (κ1) is 14.7. The second-order valence-electron chi connectivity index (χ2n) is 5.19. The first-order valence-electron chi connectivity index (χ1n) is 6.72. The monoisotopic (exact) mass is 283 g/mol. The maximum atomic E-state index is 13.2. The minimum atomic E-state index is -1.07. The van der Waals surface area contributed by atoms with Gasteiger partial charge in [-0.2, -0.15) is 0 Å². The van der Waals surface area contributed by atoms with Crippen LogP contribution in [0.5, 0.6) is 0 Å². The molecule has 6 heteroatoms. The van der Waals surface area contributed by atoms with Crippen LogP contribution in [0.3, 0.4) is 0 Å². The lowest BCUT2D eigenvalue weighted by atomic mass is 10.0. The van der Waals surface area contributed by atoms with Gasteiger partial charge in [-0.15, -0.1) is 0 Å². The van der Waals surface area contributed by atoms with Crippen LogP contribution in [0.2, 0.25) is 0 Å². The van der Waals surface area contributed by atoms with E-state index in [1.165, 1.54) is 0 Å². The lowest BCUT2D eigenvalue weighted by molar-refractivity contribution is 0.0929. The lowest BCUT2D eigenvalue weighted by Crippen LogP contribution is -2.44. The van der Waals surface area contributed by atoms with Crippen LogP contribution in [0.25, 0.3) is 0 Å². The summed E-state index contributed by atoms with van der Waals surface area (Å²) in [6.45, 7) is 1.49. The van der Waals surface area contributed by atoms with Gasteiger partial charge in [0.15, 0.2) is 11.6 Å². The van der Waals surface area contributed by atoms with E-state index >= 15 is 0 Å². The second-order valence-corrected chi connectivity index (χ2v) is 5.19. The van der Waals surface area contributed by atoms with Gasteiger partial charge in [-0.05, 0) is 32.5 Å². The number of nitrogens with zero attached hydrogens (tertiary/aromatic N) is 1. The van der Waals surface area contributed by atoms with Crippen molar-refractivity contribution in [2.45, 2.75) is 25.3 Å². The molecule has 1 saturated heterocycles. The number of nitrogens with two attached hydrogens (primary N) is 1. The fourth-order valence-electron chi connectivity index (χ4n) is 2.47. The molecular weight excluding hydrogens is 264 g/mol. The number of rotatable bonds is 3. The summed E-state index contributed by atoms with van der Waals surface area (Å²) in [7, 11) is 2.02. The van der Waals surface area contributed by atoms with Crippen molar-refractivity contribution in [1.82, 2.24) is 10.2 Å². The largest absolute Gasteiger partial charge is 0.398 e. The average molecular weight is 283 g/mol. The third-order valence-electron chi connectivity index (χ3n) is 3.76. The maximum absolute atomic E-state index is 13.2. The van der Waals surface area contributed by atoms with Crippen molar-refractivity contribution in [3.63, 3.8) is 0 Å².